The number of amides is 1. The van der Waals surface area contributed by atoms with Gasteiger partial charge in [-0.1, -0.05) is 24.3 Å². The molecule has 1 aliphatic rings. The lowest BCUT2D eigenvalue weighted by Crippen LogP contribution is -2.32. The highest BCUT2D eigenvalue weighted by Gasteiger charge is 2.23. The van der Waals surface area contributed by atoms with Crippen LogP contribution in [0, 0.1) is 5.92 Å². The number of carbonyl (C=O) groups excluding carboxylic acids is 1. The minimum absolute atomic E-state index is 0.0305. The van der Waals surface area contributed by atoms with Crippen molar-refractivity contribution in [3.8, 4) is 5.75 Å². The van der Waals surface area contributed by atoms with Crippen molar-refractivity contribution in [2.45, 2.75) is 19.4 Å². The van der Waals surface area contributed by atoms with Gasteiger partial charge in [0.1, 0.15) is 5.75 Å². The molecule has 0 bridgehead atoms. The van der Waals surface area contributed by atoms with Gasteiger partial charge >= 0.3 is 0 Å². The van der Waals surface area contributed by atoms with E-state index < -0.39 is 0 Å². The Kier molecular flexibility index (Phi) is 3.86. The molecule has 0 radical (unpaired) electrons. The molecular formula is C18H18N4O2. The largest absolute Gasteiger partial charge is 0.493 e. The summed E-state index contributed by atoms with van der Waals surface area (Å²) in [6, 6.07) is 13.6. The van der Waals surface area contributed by atoms with Crippen molar-refractivity contribution in [1.29, 1.82) is 0 Å². The van der Waals surface area contributed by atoms with Gasteiger partial charge in [0, 0.05) is 12.1 Å². The first-order valence-corrected chi connectivity index (χ1v) is 8.08. The number of hydrogen-bond acceptors (Lipinski definition) is 4. The van der Waals surface area contributed by atoms with Crippen LogP contribution in [0.25, 0.3) is 5.65 Å². The maximum Gasteiger partial charge on any atom is 0.223 e. The summed E-state index contributed by atoms with van der Waals surface area (Å²) in [7, 11) is 0. The molecule has 1 atom stereocenters. The molecule has 3 aromatic rings. The van der Waals surface area contributed by atoms with Gasteiger partial charge in [0.25, 0.3) is 0 Å². The molecular weight excluding hydrogens is 304 g/mol. The summed E-state index contributed by atoms with van der Waals surface area (Å²) in [4.78, 5) is 12.6. The third-order valence-corrected chi connectivity index (χ3v) is 4.34. The number of nitrogens with one attached hydrogen (secondary N) is 1. The Morgan fingerprint density at radius 3 is 3.04 bits per heavy atom. The number of pyridine rings is 1. The predicted molar refractivity (Wildman–Crippen MR) is 88.6 cm³/mol. The molecule has 1 N–H and O–H groups in total. The Labute approximate surface area is 139 Å². The molecule has 0 fully saturated rings. The van der Waals surface area contributed by atoms with Crippen LogP contribution in [0.2, 0.25) is 0 Å². The molecule has 0 saturated carbocycles. The quantitative estimate of drug-likeness (QED) is 0.801. The molecule has 122 valence electrons. The molecule has 6 nitrogen and oxygen atoms in total. The average Bonchev–Trinajstić information content (AvgIpc) is 2.90. The highest BCUT2D eigenvalue weighted by atomic mass is 16.5. The van der Waals surface area contributed by atoms with Crippen molar-refractivity contribution >= 4 is 11.6 Å². The molecule has 3 heterocycles. The lowest BCUT2D eigenvalue weighted by Gasteiger charge is -2.13. The molecule has 1 aromatic carbocycles. The van der Waals surface area contributed by atoms with Crippen LogP contribution in [0.1, 0.15) is 17.8 Å². The molecule has 1 unspecified atom stereocenters. The number of ether oxygens (including phenoxy) is 1. The fourth-order valence-electron chi connectivity index (χ4n) is 3.04. The predicted octanol–water partition coefficient (Wildman–Crippen LogP) is 1.99. The summed E-state index contributed by atoms with van der Waals surface area (Å²) in [5, 5.41) is 11.2. The first-order chi connectivity index (χ1) is 11.8. The summed E-state index contributed by atoms with van der Waals surface area (Å²) in [6.45, 7) is 0.923. The zero-order valence-corrected chi connectivity index (χ0v) is 13.2. The van der Waals surface area contributed by atoms with Gasteiger partial charge in [0.15, 0.2) is 11.5 Å². The van der Waals surface area contributed by atoms with Gasteiger partial charge in [-0.05, 0) is 36.6 Å². The van der Waals surface area contributed by atoms with Gasteiger partial charge < -0.3 is 10.1 Å². The van der Waals surface area contributed by atoms with E-state index >= 15 is 0 Å². The molecule has 0 saturated heterocycles. The fourth-order valence-corrected chi connectivity index (χ4v) is 3.04. The normalized spacial score (nSPS) is 16.9. The zero-order valence-electron chi connectivity index (χ0n) is 13.2. The highest BCUT2D eigenvalue weighted by Crippen LogP contribution is 2.26. The van der Waals surface area contributed by atoms with E-state index in [0.717, 1.165) is 22.8 Å². The monoisotopic (exact) mass is 322 g/mol. The molecule has 6 heteroatoms. The molecule has 2 aromatic heterocycles. The number of rotatable bonds is 3. The van der Waals surface area contributed by atoms with Crippen molar-refractivity contribution in [2.24, 2.45) is 5.92 Å². The van der Waals surface area contributed by atoms with Gasteiger partial charge in [-0.3, -0.25) is 9.20 Å². The number of benzene rings is 1. The Hall–Kier alpha value is -2.89. The van der Waals surface area contributed by atoms with Crippen molar-refractivity contribution in [3.05, 3.63) is 60.0 Å². The SMILES string of the molecule is O=C(NCc1nnc2ccccn12)C1CCOc2ccccc2C1. The summed E-state index contributed by atoms with van der Waals surface area (Å²) in [6.07, 6.45) is 3.30. The second kappa shape index (κ2) is 6.31. The van der Waals surface area contributed by atoms with E-state index in [1.54, 1.807) is 0 Å². The van der Waals surface area contributed by atoms with Gasteiger partial charge in [0.2, 0.25) is 5.91 Å². The number of aromatic nitrogens is 3. The van der Waals surface area contributed by atoms with E-state index in [0.29, 0.717) is 26.0 Å². The molecule has 1 amide bonds. The lowest BCUT2D eigenvalue weighted by atomic mass is 9.96. The third-order valence-electron chi connectivity index (χ3n) is 4.34. The minimum Gasteiger partial charge on any atom is -0.493 e. The smallest absolute Gasteiger partial charge is 0.223 e. The Balaban J connectivity index is 1.45. The van der Waals surface area contributed by atoms with Gasteiger partial charge in [-0.2, -0.15) is 0 Å². The van der Waals surface area contributed by atoms with E-state index in [2.05, 4.69) is 15.5 Å². The molecule has 0 spiro atoms. The summed E-state index contributed by atoms with van der Waals surface area (Å²) in [5.74, 6) is 1.55. The van der Waals surface area contributed by atoms with Crippen LogP contribution in [0.4, 0.5) is 0 Å². The second-order valence-electron chi connectivity index (χ2n) is 5.91. The topological polar surface area (TPSA) is 68.5 Å². The minimum atomic E-state index is -0.0900. The van der Waals surface area contributed by atoms with Crippen LogP contribution in [0.5, 0.6) is 5.75 Å². The Bertz CT molecular complexity index is 874. The standard InChI is InChI=1S/C18H18N4O2/c23-18(14-8-10-24-15-6-2-1-5-13(15)11-14)19-12-17-21-20-16-7-3-4-9-22(16)17/h1-7,9,14H,8,10-12H2,(H,19,23). The van der Waals surface area contributed by atoms with E-state index in [9.17, 15) is 4.79 Å². The number of nitrogens with zero attached hydrogens (tertiary/aromatic N) is 3. The van der Waals surface area contributed by atoms with E-state index in [1.807, 2.05) is 53.1 Å². The molecule has 0 aliphatic carbocycles. The lowest BCUT2D eigenvalue weighted by molar-refractivity contribution is -0.125. The zero-order chi connectivity index (χ0) is 16.4. The van der Waals surface area contributed by atoms with Crippen molar-refractivity contribution < 1.29 is 9.53 Å². The van der Waals surface area contributed by atoms with E-state index in [4.69, 9.17) is 4.74 Å². The first kappa shape index (κ1) is 14.7. The maximum absolute atomic E-state index is 12.6. The fraction of sp³-hybridized carbons (Fsp3) is 0.278. The van der Waals surface area contributed by atoms with Crippen LogP contribution in [0.3, 0.4) is 0 Å². The Morgan fingerprint density at radius 2 is 2.08 bits per heavy atom. The number of para-hydroxylation sites is 1. The van der Waals surface area contributed by atoms with Crippen molar-refractivity contribution in [1.82, 2.24) is 19.9 Å². The van der Waals surface area contributed by atoms with Crippen LogP contribution >= 0.6 is 0 Å². The summed E-state index contributed by atoms with van der Waals surface area (Å²) in [5.41, 5.74) is 1.86. The molecule has 1 aliphatic heterocycles. The maximum atomic E-state index is 12.6. The van der Waals surface area contributed by atoms with Crippen molar-refractivity contribution in [2.75, 3.05) is 6.61 Å². The number of fused-ring (bicyclic) bond motifs is 2. The average molecular weight is 322 g/mol. The van der Waals surface area contributed by atoms with Gasteiger partial charge in [0.05, 0.1) is 13.2 Å². The van der Waals surface area contributed by atoms with Gasteiger partial charge in [-0.15, -0.1) is 10.2 Å². The first-order valence-electron chi connectivity index (χ1n) is 8.08. The number of carbonyl (C=O) groups is 1. The van der Waals surface area contributed by atoms with E-state index in [-0.39, 0.29) is 11.8 Å². The molecule has 4 rings (SSSR count). The van der Waals surface area contributed by atoms with Crippen LogP contribution in [0.15, 0.2) is 48.7 Å². The van der Waals surface area contributed by atoms with Crippen LogP contribution < -0.4 is 10.1 Å². The highest BCUT2D eigenvalue weighted by molar-refractivity contribution is 5.79. The van der Waals surface area contributed by atoms with Gasteiger partial charge in [-0.25, -0.2) is 0 Å². The van der Waals surface area contributed by atoms with Crippen molar-refractivity contribution in [3.63, 3.8) is 0 Å². The summed E-state index contributed by atoms with van der Waals surface area (Å²) >= 11 is 0. The number of hydrogen-bond donors (Lipinski definition) is 1. The third kappa shape index (κ3) is 2.82. The molecule has 24 heavy (non-hydrogen) atoms. The van der Waals surface area contributed by atoms with Crippen LogP contribution in [-0.4, -0.2) is 27.1 Å². The van der Waals surface area contributed by atoms with E-state index in [1.165, 1.54) is 0 Å². The summed E-state index contributed by atoms with van der Waals surface area (Å²) < 4.78 is 7.61. The van der Waals surface area contributed by atoms with Crippen LogP contribution in [-0.2, 0) is 17.8 Å². The Morgan fingerprint density at radius 1 is 1.21 bits per heavy atom. The second-order valence-corrected chi connectivity index (χ2v) is 5.91.